The number of hydrogen-bond donors (Lipinski definition) is 2. The van der Waals surface area contributed by atoms with E-state index in [0.29, 0.717) is 17.9 Å². The first-order valence-electron chi connectivity index (χ1n) is 5.68. The monoisotopic (exact) mass is 280 g/mol. The summed E-state index contributed by atoms with van der Waals surface area (Å²) in [5.74, 6) is 5.34. The number of nitrogens with one attached hydrogen (secondary N) is 1. The van der Waals surface area contributed by atoms with Gasteiger partial charge in [-0.15, -0.1) is 0 Å². The topological polar surface area (TPSA) is 38.0 Å². The molecule has 0 saturated carbocycles. The van der Waals surface area contributed by atoms with Gasteiger partial charge in [0.1, 0.15) is 0 Å². The molecule has 0 aliphatic rings. The summed E-state index contributed by atoms with van der Waals surface area (Å²) in [5, 5.41) is 0.610. The van der Waals surface area contributed by atoms with Crippen molar-refractivity contribution in [3.63, 3.8) is 0 Å². The largest absolute Gasteiger partial charge is 0.389 e. The van der Waals surface area contributed by atoms with Crippen molar-refractivity contribution in [3.8, 4) is 0 Å². The molecule has 1 aromatic carbocycles. The molecule has 0 radical (unpaired) electrons. The number of rotatable bonds is 6. The molecule has 0 heterocycles. The van der Waals surface area contributed by atoms with Crippen molar-refractivity contribution in [2.45, 2.75) is 37.9 Å². The van der Waals surface area contributed by atoms with Gasteiger partial charge in [0.2, 0.25) is 0 Å². The standard InChI is InChI=1S/C12H16ClF3N2/c13-10-4-1-3-9(7-10)8-11(18-17)5-2-6-12(14,15)16/h1,3-4,7,11,18H,2,5-6,8,17H2. The minimum atomic E-state index is -4.10. The third kappa shape index (κ3) is 6.23. The number of alkyl halides is 3. The lowest BCUT2D eigenvalue weighted by molar-refractivity contribution is -0.135. The van der Waals surface area contributed by atoms with E-state index in [1.807, 2.05) is 6.07 Å². The number of hydrazine groups is 1. The zero-order valence-electron chi connectivity index (χ0n) is 9.80. The molecule has 1 unspecified atom stereocenters. The molecule has 1 atom stereocenters. The Morgan fingerprint density at radius 2 is 2.06 bits per heavy atom. The minimum Gasteiger partial charge on any atom is -0.271 e. The highest BCUT2D eigenvalue weighted by Crippen LogP contribution is 2.23. The molecule has 0 amide bonds. The van der Waals surface area contributed by atoms with Gasteiger partial charge < -0.3 is 0 Å². The van der Waals surface area contributed by atoms with Crippen LogP contribution >= 0.6 is 11.6 Å². The smallest absolute Gasteiger partial charge is 0.271 e. The van der Waals surface area contributed by atoms with Gasteiger partial charge >= 0.3 is 6.18 Å². The molecule has 0 aromatic heterocycles. The number of halogens is 4. The summed E-state index contributed by atoms with van der Waals surface area (Å²) in [6.07, 6.45) is -3.87. The third-order valence-corrected chi connectivity index (χ3v) is 2.85. The van der Waals surface area contributed by atoms with Gasteiger partial charge in [-0.2, -0.15) is 13.2 Å². The first kappa shape index (κ1) is 15.3. The van der Waals surface area contributed by atoms with Crippen LogP contribution in [0.3, 0.4) is 0 Å². The van der Waals surface area contributed by atoms with Gasteiger partial charge in [-0.25, -0.2) is 0 Å². The van der Waals surface area contributed by atoms with Crippen LogP contribution in [0.5, 0.6) is 0 Å². The summed E-state index contributed by atoms with van der Waals surface area (Å²) in [5.41, 5.74) is 3.50. The Morgan fingerprint density at radius 3 is 2.61 bits per heavy atom. The van der Waals surface area contributed by atoms with Gasteiger partial charge in [0.25, 0.3) is 0 Å². The summed E-state index contributed by atoms with van der Waals surface area (Å²) in [6.45, 7) is 0. The van der Waals surface area contributed by atoms with Gasteiger partial charge in [0, 0.05) is 17.5 Å². The highest BCUT2D eigenvalue weighted by Gasteiger charge is 2.26. The first-order chi connectivity index (χ1) is 8.40. The predicted octanol–water partition coefficient (Wildman–Crippen LogP) is 3.45. The Morgan fingerprint density at radius 1 is 1.33 bits per heavy atom. The van der Waals surface area contributed by atoms with Crippen LogP contribution in [0.2, 0.25) is 5.02 Å². The number of benzene rings is 1. The molecular weight excluding hydrogens is 265 g/mol. The van der Waals surface area contributed by atoms with E-state index in [4.69, 9.17) is 17.4 Å². The molecule has 0 bridgehead atoms. The zero-order chi connectivity index (χ0) is 13.6. The quantitative estimate of drug-likeness (QED) is 0.619. The van der Waals surface area contributed by atoms with Crippen molar-refractivity contribution < 1.29 is 13.2 Å². The maximum absolute atomic E-state index is 12.0. The van der Waals surface area contributed by atoms with E-state index < -0.39 is 12.6 Å². The molecule has 18 heavy (non-hydrogen) atoms. The number of hydrogen-bond acceptors (Lipinski definition) is 2. The van der Waals surface area contributed by atoms with Gasteiger partial charge in [-0.05, 0) is 37.0 Å². The maximum atomic E-state index is 12.0. The van der Waals surface area contributed by atoms with E-state index in [2.05, 4.69) is 5.43 Å². The normalized spacial score (nSPS) is 13.6. The lowest BCUT2D eigenvalue weighted by atomic mass is 10.0. The molecule has 1 aromatic rings. The fraction of sp³-hybridized carbons (Fsp3) is 0.500. The Balaban J connectivity index is 2.42. The molecular formula is C12H16ClF3N2. The maximum Gasteiger partial charge on any atom is 0.389 e. The highest BCUT2D eigenvalue weighted by atomic mass is 35.5. The molecule has 0 saturated heterocycles. The molecule has 0 aliphatic heterocycles. The van der Waals surface area contributed by atoms with Gasteiger partial charge in [-0.1, -0.05) is 23.7 Å². The Kier molecular flexibility index (Phi) is 5.91. The average Bonchev–Trinajstić information content (AvgIpc) is 2.26. The minimum absolute atomic E-state index is 0.0684. The summed E-state index contributed by atoms with van der Waals surface area (Å²) in [6, 6.07) is 7.04. The van der Waals surface area contributed by atoms with E-state index in [1.54, 1.807) is 18.2 Å². The van der Waals surface area contributed by atoms with Crippen LogP contribution < -0.4 is 11.3 Å². The Bertz CT molecular complexity index is 369. The molecule has 0 aliphatic carbocycles. The first-order valence-corrected chi connectivity index (χ1v) is 6.06. The molecule has 0 spiro atoms. The fourth-order valence-electron chi connectivity index (χ4n) is 1.74. The van der Waals surface area contributed by atoms with E-state index >= 15 is 0 Å². The zero-order valence-corrected chi connectivity index (χ0v) is 10.6. The van der Waals surface area contributed by atoms with Crippen molar-refractivity contribution in [3.05, 3.63) is 34.9 Å². The second kappa shape index (κ2) is 6.97. The van der Waals surface area contributed by atoms with E-state index in [-0.39, 0.29) is 12.5 Å². The third-order valence-electron chi connectivity index (χ3n) is 2.62. The van der Waals surface area contributed by atoms with Crippen molar-refractivity contribution in [1.29, 1.82) is 0 Å². The van der Waals surface area contributed by atoms with E-state index in [0.717, 1.165) is 5.56 Å². The summed E-state index contributed by atoms with van der Waals surface area (Å²) in [4.78, 5) is 0. The molecule has 1 rings (SSSR count). The van der Waals surface area contributed by atoms with Crippen molar-refractivity contribution in [1.82, 2.24) is 5.43 Å². The average molecular weight is 281 g/mol. The highest BCUT2D eigenvalue weighted by molar-refractivity contribution is 6.30. The second-order valence-corrected chi connectivity index (χ2v) is 4.64. The van der Waals surface area contributed by atoms with Gasteiger partial charge in [0.05, 0.1) is 0 Å². The summed E-state index contributed by atoms with van der Waals surface area (Å²) < 4.78 is 36.1. The molecule has 6 heteroatoms. The Hall–Kier alpha value is -0.780. The molecule has 0 fully saturated rings. The second-order valence-electron chi connectivity index (χ2n) is 4.21. The fourth-order valence-corrected chi connectivity index (χ4v) is 1.95. The number of nitrogens with two attached hydrogens (primary N) is 1. The van der Waals surface area contributed by atoms with Crippen molar-refractivity contribution >= 4 is 11.6 Å². The lowest BCUT2D eigenvalue weighted by Gasteiger charge is -2.16. The van der Waals surface area contributed by atoms with E-state index in [1.165, 1.54) is 0 Å². The Labute approximate surface area is 109 Å². The van der Waals surface area contributed by atoms with Crippen LogP contribution in [0.1, 0.15) is 24.8 Å². The van der Waals surface area contributed by atoms with Crippen LogP contribution in [0.4, 0.5) is 13.2 Å². The van der Waals surface area contributed by atoms with Gasteiger partial charge in [-0.3, -0.25) is 11.3 Å². The van der Waals surface area contributed by atoms with Crippen LogP contribution in [0.25, 0.3) is 0 Å². The summed E-state index contributed by atoms with van der Waals surface area (Å²) >= 11 is 5.84. The van der Waals surface area contributed by atoms with Crippen molar-refractivity contribution in [2.75, 3.05) is 0 Å². The summed E-state index contributed by atoms with van der Waals surface area (Å²) in [7, 11) is 0. The SMILES string of the molecule is NNC(CCCC(F)(F)F)Cc1cccc(Cl)c1. The van der Waals surface area contributed by atoms with Crippen molar-refractivity contribution in [2.24, 2.45) is 5.84 Å². The van der Waals surface area contributed by atoms with Gasteiger partial charge in [0.15, 0.2) is 0 Å². The van der Waals surface area contributed by atoms with Crippen LogP contribution in [0.15, 0.2) is 24.3 Å². The van der Waals surface area contributed by atoms with E-state index in [9.17, 15) is 13.2 Å². The predicted molar refractivity (Wildman–Crippen MR) is 66.2 cm³/mol. The molecule has 2 nitrogen and oxygen atoms in total. The lowest BCUT2D eigenvalue weighted by Crippen LogP contribution is -2.36. The van der Waals surface area contributed by atoms with Crippen LogP contribution in [-0.2, 0) is 6.42 Å². The molecule has 3 N–H and O–H groups in total. The van der Waals surface area contributed by atoms with Crippen LogP contribution in [0, 0.1) is 0 Å². The van der Waals surface area contributed by atoms with Crippen LogP contribution in [-0.4, -0.2) is 12.2 Å². The molecule has 102 valence electrons.